The highest BCUT2D eigenvalue weighted by molar-refractivity contribution is 7.13. The molecular formula is C21H25ClN2O3S. The van der Waals surface area contributed by atoms with E-state index in [2.05, 4.69) is 10.3 Å². The Bertz CT molecular complexity index is 872. The maximum absolute atomic E-state index is 12.3. The number of nitrogens with one attached hydrogen (secondary N) is 1. The summed E-state index contributed by atoms with van der Waals surface area (Å²) in [6.45, 7) is 5.12. The number of carbonyl (C=O) groups excluding carboxylic acids is 1. The zero-order chi connectivity index (χ0) is 20.3. The number of thiazole rings is 1. The summed E-state index contributed by atoms with van der Waals surface area (Å²) < 4.78 is 0. The van der Waals surface area contributed by atoms with Crippen molar-refractivity contribution in [3.8, 4) is 10.6 Å². The van der Waals surface area contributed by atoms with Crippen molar-refractivity contribution in [2.45, 2.75) is 45.4 Å². The summed E-state index contributed by atoms with van der Waals surface area (Å²) in [7, 11) is 0. The lowest BCUT2D eigenvalue weighted by molar-refractivity contribution is -0.149. The third kappa shape index (κ3) is 4.99. The van der Waals surface area contributed by atoms with E-state index in [4.69, 9.17) is 11.6 Å². The van der Waals surface area contributed by atoms with Crippen LogP contribution in [-0.2, 0) is 16.0 Å². The van der Waals surface area contributed by atoms with Crippen molar-refractivity contribution in [3.63, 3.8) is 0 Å². The van der Waals surface area contributed by atoms with Crippen LogP contribution in [0.4, 0.5) is 0 Å². The number of rotatable bonds is 7. The number of hydrogen-bond donors (Lipinski definition) is 2. The number of aromatic nitrogens is 1. The number of aliphatic carboxylic acids is 1. The molecule has 0 atom stereocenters. The zero-order valence-corrected chi connectivity index (χ0v) is 17.7. The molecule has 1 saturated heterocycles. The standard InChI is InChI=1S/C21H25ClN2O3S/c1-21(2,20(26)27)11-16(25)10-15-12-28-19(24-15)17-4-3-14(22)9-18(17)13-5-7-23-8-6-13/h3-4,9,12-13,23H,5-8,10-11H2,1-2H3,(H,26,27). The highest BCUT2D eigenvalue weighted by atomic mass is 35.5. The van der Waals surface area contributed by atoms with Gasteiger partial charge in [-0.2, -0.15) is 0 Å². The number of nitrogens with zero attached hydrogens (tertiary/aromatic N) is 1. The van der Waals surface area contributed by atoms with Gasteiger partial charge in [-0.1, -0.05) is 17.7 Å². The second kappa shape index (κ2) is 8.72. The van der Waals surface area contributed by atoms with Crippen LogP contribution in [0.2, 0.25) is 5.02 Å². The lowest BCUT2D eigenvalue weighted by Crippen LogP contribution is -2.27. The number of Topliss-reactive ketones (excluding diaryl/α,β-unsaturated/α-hetero) is 1. The topological polar surface area (TPSA) is 79.3 Å². The van der Waals surface area contributed by atoms with Gasteiger partial charge in [-0.05, 0) is 63.4 Å². The molecule has 3 rings (SSSR count). The Kier molecular flexibility index (Phi) is 6.53. The first-order valence-electron chi connectivity index (χ1n) is 9.46. The molecule has 1 aromatic heterocycles. The number of carboxylic acid groups (broad SMARTS) is 1. The number of piperidine rings is 1. The summed E-state index contributed by atoms with van der Waals surface area (Å²) in [4.78, 5) is 28.2. The maximum Gasteiger partial charge on any atom is 0.309 e. The molecule has 0 amide bonds. The summed E-state index contributed by atoms with van der Waals surface area (Å²) in [5.74, 6) is -0.633. The van der Waals surface area contributed by atoms with E-state index < -0.39 is 11.4 Å². The van der Waals surface area contributed by atoms with Crippen LogP contribution < -0.4 is 5.32 Å². The van der Waals surface area contributed by atoms with Crippen LogP contribution in [0.1, 0.15) is 50.3 Å². The molecule has 2 aromatic rings. The Hall–Kier alpha value is -1.76. The molecule has 1 aromatic carbocycles. The van der Waals surface area contributed by atoms with E-state index in [0.717, 1.165) is 41.5 Å². The molecule has 0 aliphatic carbocycles. The Morgan fingerprint density at radius 1 is 1.32 bits per heavy atom. The van der Waals surface area contributed by atoms with Gasteiger partial charge in [0, 0.05) is 28.8 Å². The van der Waals surface area contributed by atoms with E-state index in [1.165, 1.54) is 16.9 Å². The molecular weight excluding hydrogens is 396 g/mol. The van der Waals surface area contributed by atoms with Gasteiger partial charge >= 0.3 is 5.97 Å². The largest absolute Gasteiger partial charge is 0.481 e. The van der Waals surface area contributed by atoms with Crippen LogP contribution in [0, 0.1) is 5.41 Å². The molecule has 2 N–H and O–H groups in total. The van der Waals surface area contributed by atoms with E-state index in [1.54, 1.807) is 13.8 Å². The Morgan fingerprint density at radius 2 is 2.04 bits per heavy atom. The number of ketones is 1. The number of carbonyl (C=O) groups is 2. The molecule has 2 heterocycles. The second-order valence-electron chi connectivity index (χ2n) is 7.98. The van der Waals surface area contributed by atoms with Crippen LogP contribution in [0.5, 0.6) is 0 Å². The highest BCUT2D eigenvalue weighted by Gasteiger charge is 2.30. The first-order valence-corrected chi connectivity index (χ1v) is 10.7. The van der Waals surface area contributed by atoms with Gasteiger partial charge in [-0.15, -0.1) is 11.3 Å². The summed E-state index contributed by atoms with van der Waals surface area (Å²) in [6.07, 6.45) is 2.28. The van der Waals surface area contributed by atoms with Crippen molar-refractivity contribution in [3.05, 3.63) is 39.9 Å². The smallest absolute Gasteiger partial charge is 0.309 e. The van der Waals surface area contributed by atoms with E-state index >= 15 is 0 Å². The van der Waals surface area contributed by atoms with Crippen LogP contribution in [0.25, 0.3) is 10.6 Å². The SMILES string of the molecule is CC(C)(CC(=O)Cc1csc(-c2ccc(Cl)cc2C2CCNCC2)n1)C(=O)O. The van der Waals surface area contributed by atoms with Crippen LogP contribution in [0.3, 0.4) is 0 Å². The van der Waals surface area contributed by atoms with Gasteiger partial charge in [0.2, 0.25) is 0 Å². The van der Waals surface area contributed by atoms with Gasteiger partial charge in [0.15, 0.2) is 0 Å². The lowest BCUT2D eigenvalue weighted by Gasteiger charge is -2.25. The van der Waals surface area contributed by atoms with Crippen LogP contribution >= 0.6 is 22.9 Å². The van der Waals surface area contributed by atoms with Gasteiger partial charge in [-0.25, -0.2) is 4.98 Å². The fourth-order valence-electron chi connectivity index (χ4n) is 3.54. The fraction of sp³-hybridized carbons (Fsp3) is 0.476. The van der Waals surface area contributed by atoms with Gasteiger partial charge in [0.25, 0.3) is 0 Å². The highest BCUT2D eigenvalue weighted by Crippen LogP contribution is 2.37. The second-order valence-corrected chi connectivity index (χ2v) is 9.28. The predicted molar refractivity (Wildman–Crippen MR) is 112 cm³/mol. The Balaban J connectivity index is 1.78. The van der Waals surface area contributed by atoms with Crippen LogP contribution in [-0.4, -0.2) is 34.9 Å². The van der Waals surface area contributed by atoms with Crippen molar-refractivity contribution in [1.82, 2.24) is 10.3 Å². The molecule has 0 spiro atoms. The fourth-order valence-corrected chi connectivity index (χ4v) is 4.59. The van der Waals surface area contributed by atoms with Gasteiger partial charge < -0.3 is 10.4 Å². The van der Waals surface area contributed by atoms with E-state index in [0.29, 0.717) is 11.6 Å². The number of halogens is 1. The minimum Gasteiger partial charge on any atom is -0.481 e. The molecule has 0 bridgehead atoms. The van der Waals surface area contributed by atoms with Gasteiger partial charge in [0.05, 0.1) is 11.1 Å². The van der Waals surface area contributed by atoms with E-state index in [9.17, 15) is 14.7 Å². The monoisotopic (exact) mass is 420 g/mol. The Labute approximate surface area is 174 Å². The molecule has 1 fully saturated rings. The summed E-state index contributed by atoms with van der Waals surface area (Å²) in [5.41, 5.74) is 1.92. The van der Waals surface area contributed by atoms with Gasteiger partial charge in [0.1, 0.15) is 10.8 Å². The van der Waals surface area contributed by atoms with E-state index in [1.807, 2.05) is 23.6 Å². The molecule has 5 nitrogen and oxygen atoms in total. The van der Waals surface area contributed by atoms with Crippen molar-refractivity contribution in [1.29, 1.82) is 0 Å². The summed E-state index contributed by atoms with van der Waals surface area (Å²) in [6, 6.07) is 5.93. The number of carboxylic acids is 1. The summed E-state index contributed by atoms with van der Waals surface area (Å²) in [5, 5.41) is 16.1. The minimum absolute atomic E-state index is 0.00351. The predicted octanol–water partition coefficient (Wildman–Crippen LogP) is 4.54. The third-order valence-corrected chi connectivity index (χ3v) is 6.33. The Morgan fingerprint density at radius 3 is 2.71 bits per heavy atom. The van der Waals surface area contributed by atoms with Crippen molar-refractivity contribution >= 4 is 34.7 Å². The maximum atomic E-state index is 12.3. The van der Waals surface area contributed by atoms with Crippen molar-refractivity contribution in [2.24, 2.45) is 5.41 Å². The lowest BCUT2D eigenvalue weighted by atomic mass is 9.86. The number of hydrogen-bond acceptors (Lipinski definition) is 5. The van der Waals surface area contributed by atoms with Crippen molar-refractivity contribution in [2.75, 3.05) is 13.1 Å². The average molecular weight is 421 g/mol. The quantitative estimate of drug-likeness (QED) is 0.687. The van der Waals surface area contributed by atoms with E-state index in [-0.39, 0.29) is 18.6 Å². The molecule has 1 aliphatic heterocycles. The molecule has 0 radical (unpaired) electrons. The van der Waals surface area contributed by atoms with Crippen molar-refractivity contribution < 1.29 is 14.7 Å². The number of benzene rings is 1. The zero-order valence-electron chi connectivity index (χ0n) is 16.1. The molecule has 7 heteroatoms. The van der Waals surface area contributed by atoms with Crippen LogP contribution in [0.15, 0.2) is 23.6 Å². The summed E-state index contributed by atoms with van der Waals surface area (Å²) >= 11 is 7.77. The molecule has 28 heavy (non-hydrogen) atoms. The average Bonchev–Trinajstić information content (AvgIpc) is 3.09. The van der Waals surface area contributed by atoms with Gasteiger partial charge in [-0.3, -0.25) is 9.59 Å². The molecule has 0 unspecified atom stereocenters. The normalized spacial score (nSPS) is 15.5. The third-order valence-electron chi connectivity index (χ3n) is 5.17. The molecule has 0 saturated carbocycles. The molecule has 1 aliphatic rings. The minimum atomic E-state index is -1.06. The first-order chi connectivity index (χ1) is 13.3. The molecule has 150 valence electrons. The first kappa shape index (κ1) is 21.0.